The van der Waals surface area contributed by atoms with E-state index in [-0.39, 0.29) is 17.6 Å². The van der Waals surface area contributed by atoms with Gasteiger partial charge in [-0.1, -0.05) is 6.07 Å². The molecule has 0 radical (unpaired) electrons. The summed E-state index contributed by atoms with van der Waals surface area (Å²) in [4.78, 5) is 29.2. The minimum absolute atomic E-state index is 0.0587. The second-order valence-electron chi connectivity index (χ2n) is 7.93. The molecule has 3 amide bonds. The molecular weight excluding hydrogens is 334 g/mol. The summed E-state index contributed by atoms with van der Waals surface area (Å²) < 4.78 is 0. The number of piperidine rings is 1. The average molecular weight is 364 g/mol. The van der Waals surface area contributed by atoms with Gasteiger partial charge in [0.15, 0.2) is 0 Å². The van der Waals surface area contributed by atoms with Crippen molar-refractivity contribution in [3.05, 3.63) is 22.4 Å². The summed E-state index contributed by atoms with van der Waals surface area (Å²) in [5, 5.41) is 5.60. The van der Waals surface area contributed by atoms with Crippen LogP contribution in [-0.2, 0) is 11.3 Å². The predicted molar refractivity (Wildman–Crippen MR) is 100 cm³/mol. The Morgan fingerprint density at radius 2 is 2.28 bits per heavy atom. The van der Waals surface area contributed by atoms with Crippen LogP contribution in [0.25, 0.3) is 0 Å². The number of nitrogens with zero attached hydrogens (tertiary/aromatic N) is 2. The molecule has 2 fully saturated rings. The van der Waals surface area contributed by atoms with Gasteiger partial charge in [-0.25, -0.2) is 4.79 Å². The van der Waals surface area contributed by atoms with E-state index in [9.17, 15) is 9.59 Å². The number of hydrogen-bond acceptors (Lipinski definition) is 4. The predicted octanol–water partition coefficient (Wildman–Crippen LogP) is 3.46. The van der Waals surface area contributed by atoms with Crippen molar-refractivity contribution in [2.45, 2.75) is 70.6 Å². The Labute approximate surface area is 154 Å². The minimum atomic E-state index is -0.200. The zero-order valence-electron chi connectivity index (χ0n) is 15.4. The van der Waals surface area contributed by atoms with Crippen molar-refractivity contribution in [2.24, 2.45) is 5.92 Å². The maximum Gasteiger partial charge on any atom is 0.327 e. The van der Waals surface area contributed by atoms with E-state index in [0.29, 0.717) is 24.9 Å². The molecule has 5 nitrogen and oxygen atoms in total. The molecule has 2 heterocycles. The highest BCUT2D eigenvalue weighted by Gasteiger charge is 2.49. The van der Waals surface area contributed by atoms with Gasteiger partial charge in [-0.15, -0.1) is 11.3 Å². The molecule has 3 atom stereocenters. The van der Waals surface area contributed by atoms with Crippen molar-refractivity contribution < 1.29 is 9.59 Å². The maximum atomic E-state index is 13.2. The van der Waals surface area contributed by atoms with Crippen LogP contribution in [0, 0.1) is 5.92 Å². The molecule has 0 aromatic carbocycles. The Hall–Kier alpha value is -1.40. The number of urea groups is 1. The van der Waals surface area contributed by atoms with Crippen molar-refractivity contribution in [3.63, 3.8) is 0 Å². The standard InChI is InChI=1S/C19H29N3O2S/c1-14(2)22(18(24)21(13-23)12-16-7-5-9-25-16)19(3)10-15-6-4-8-20-17(15)11-19/h5,7,9,13-15,17,20H,4,6,8,10-12H2,1-3H3. The fourth-order valence-corrected chi connectivity index (χ4v) is 5.46. The first-order valence-electron chi connectivity index (χ1n) is 9.25. The Kier molecular flexibility index (Phi) is 5.49. The van der Waals surface area contributed by atoms with Gasteiger partial charge in [-0.2, -0.15) is 0 Å². The van der Waals surface area contributed by atoms with E-state index in [0.717, 1.165) is 24.3 Å². The molecule has 3 unspecified atom stereocenters. The van der Waals surface area contributed by atoms with Crippen LogP contribution in [-0.4, -0.2) is 46.4 Å². The van der Waals surface area contributed by atoms with Crippen LogP contribution < -0.4 is 5.32 Å². The first-order chi connectivity index (χ1) is 11.9. The molecule has 0 bridgehead atoms. The number of thiophene rings is 1. The lowest BCUT2D eigenvalue weighted by Gasteiger charge is -2.43. The van der Waals surface area contributed by atoms with E-state index < -0.39 is 0 Å². The van der Waals surface area contributed by atoms with Crippen LogP contribution in [0.15, 0.2) is 17.5 Å². The number of amides is 3. The minimum Gasteiger partial charge on any atom is -0.316 e. The first-order valence-corrected chi connectivity index (χ1v) is 10.1. The summed E-state index contributed by atoms with van der Waals surface area (Å²) in [5.41, 5.74) is -0.200. The van der Waals surface area contributed by atoms with Crippen molar-refractivity contribution in [3.8, 4) is 0 Å². The Balaban J connectivity index is 1.79. The fraction of sp³-hybridized carbons (Fsp3) is 0.684. The summed E-state index contributed by atoms with van der Waals surface area (Å²) in [7, 11) is 0. The molecule has 2 aliphatic rings. The monoisotopic (exact) mass is 363 g/mol. The van der Waals surface area contributed by atoms with Gasteiger partial charge in [-0.3, -0.25) is 9.69 Å². The van der Waals surface area contributed by atoms with Crippen LogP contribution in [0.3, 0.4) is 0 Å². The summed E-state index contributed by atoms with van der Waals surface area (Å²) in [6, 6.07) is 4.30. The highest BCUT2D eigenvalue weighted by Crippen LogP contribution is 2.43. The number of imide groups is 1. The number of fused-ring (bicyclic) bond motifs is 1. The van der Waals surface area contributed by atoms with Gasteiger partial charge >= 0.3 is 6.03 Å². The molecule has 138 valence electrons. The molecular formula is C19H29N3O2S. The zero-order chi connectivity index (χ0) is 18.0. The van der Waals surface area contributed by atoms with E-state index in [4.69, 9.17) is 0 Å². The van der Waals surface area contributed by atoms with Crippen LogP contribution in [0.2, 0.25) is 0 Å². The molecule has 6 heteroatoms. The largest absolute Gasteiger partial charge is 0.327 e. The molecule has 1 saturated carbocycles. The lowest BCUT2D eigenvalue weighted by atomic mass is 9.92. The van der Waals surface area contributed by atoms with Gasteiger partial charge < -0.3 is 10.2 Å². The molecule has 1 N–H and O–H groups in total. The summed E-state index contributed by atoms with van der Waals surface area (Å²) >= 11 is 1.57. The molecule has 1 aromatic heterocycles. The lowest BCUT2D eigenvalue weighted by molar-refractivity contribution is -0.117. The van der Waals surface area contributed by atoms with Gasteiger partial charge in [0.25, 0.3) is 0 Å². The van der Waals surface area contributed by atoms with E-state index in [1.165, 1.54) is 17.7 Å². The molecule has 1 aliphatic carbocycles. The second-order valence-corrected chi connectivity index (χ2v) is 8.96. The quantitative estimate of drug-likeness (QED) is 0.815. The third kappa shape index (κ3) is 3.75. The molecule has 0 spiro atoms. The number of nitrogens with one attached hydrogen (secondary N) is 1. The summed E-state index contributed by atoms with van der Waals surface area (Å²) in [6.45, 7) is 7.72. The highest BCUT2D eigenvalue weighted by atomic mass is 32.1. The third-order valence-corrected chi connectivity index (χ3v) is 6.53. The van der Waals surface area contributed by atoms with Crippen LogP contribution >= 0.6 is 11.3 Å². The smallest absolute Gasteiger partial charge is 0.316 e. The summed E-state index contributed by atoms with van der Waals surface area (Å²) in [5.74, 6) is 0.634. The first kappa shape index (κ1) is 18.4. The fourth-order valence-electron chi connectivity index (χ4n) is 4.76. The molecule has 3 rings (SSSR count). The average Bonchev–Trinajstić information content (AvgIpc) is 3.18. The van der Waals surface area contributed by atoms with E-state index in [1.807, 2.05) is 36.3 Å². The van der Waals surface area contributed by atoms with Gasteiger partial charge in [-0.05, 0) is 70.4 Å². The number of rotatable bonds is 5. The van der Waals surface area contributed by atoms with Crippen LogP contribution in [0.1, 0.15) is 51.3 Å². The maximum absolute atomic E-state index is 13.2. The van der Waals surface area contributed by atoms with E-state index >= 15 is 0 Å². The normalized spacial score (nSPS) is 28.6. The zero-order valence-corrected chi connectivity index (χ0v) is 16.2. The number of hydrogen-bond donors (Lipinski definition) is 1. The van der Waals surface area contributed by atoms with Crippen LogP contribution in [0.4, 0.5) is 4.79 Å². The number of carbonyl (C=O) groups excluding carboxylic acids is 2. The molecule has 1 aromatic rings. The Bertz CT molecular complexity index is 588. The second kappa shape index (κ2) is 7.46. The van der Waals surface area contributed by atoms with Crippen molar-refractivity contribution in [2.75, 3.05) is 6.54 Å². The Morgan fingerprint density at radius 1 is 1.48 bits per heavy atom. The topological polar surface area (TPSA) is 52.7 Å². The SMILES string of the molecule is CC(C)N(C(=O)N(C=O)Cc1cccs1)C1(C)CC2CCCNC2C1. The number of carbonyl (C=O) groups is 2. The van der Waals surface area contributed by atoms with Crippen molar-refractivity contribution in [1.29, 1.82) is 0 Å². The summed E-state index contributed by atoms with van der Waals surface area (Å²) in [6.07, 6.45) is 5.11. The molecule has 25 heavy (non-hydrogen) atoms. The highest BCUT2D eigenvalue weighted by molar-refractivity contribution is 7.09. The third-order valence-electron chi connectivity index (χ3n) is 5.67. The van der Waals surface area contributed by atoms with Crippen molar-refractivity contribution in [1.82, 2.24) is 15.1 Å². The van der Waals surface area contributed by atoms with Crippen molar-refractivity contribution >= 4 is 23.8 Å². The molecule has 1 aliphatic heterocycles. The van der Waals surface area contributed by atoms with Gasteiger partial charge in [0.2, 0.25) is 6.41 Å². The van der Waals surface area contributed by atoms with Crippen LogP contribution in [0.5, 0.6) is 0 Å². The van der Waals surface area contributed by atoms with Gasteiger partial charge in [0.05, 0.1) is 6.54 Å². The lowest BCUT2D eigenvalue weighted by Crippen LogP contribution is -2.56. The van der Waals surface area contributed by atoms with Gasteiger partial charge in [0.1, 0.15) is 0 Å². The van der Waals surface area contributed by atoms with Gasteiger partial charge in [0, 0.05) is 22.5 Å². The van der Waals surface area contributed by atoms with E-state index in [2.05, 4.69) is 12.2 Å². The Morgan fingerprint density at radius 3 is 2.88 bits per heavy atom. The van der Waals surface area contributed by atoms with E-state index in [1.54, 1.807) is 11.3 Å². The molecule has 1 saturated heterocycles.